The monoisotopic (exact) mass is 243 g/mol. The Bertz CT molecular complexity index is 564. The van der Waals surface area contributed by atoms with Gasteiger partial charge in [-0.3, -0.25) is 4.98 Å². The van der Waals surface area contributed by atoms with Crippen LogP contribution in [0, 0.1) is 0 Å². The summed E-state index contributed by atoms with van der Waals surface area (Å²) in [7, 11) is 0. The van der Waals surface area contributed by atoms with Crippen LogP contribution in [0.2, 0.25) is 0 Å². The predicted octanol–water partition coefficient (Wildman–Crippen LogP) is 2.61. The van der Waals surface area contributed by atoms with Crippen molar-refractivity contribution in [1.29, 1.82) is 0 Å². The Morgan fingerprint density at radius 3 is 2.56 bits per heavy atom. The van der Waals surface area contributed by atoms with E-state index in [1.165, 1.54) is 23.9 Å². The molecule has 4 heteroatoms. The van der Waals surface area contributed by atoms with Crippen LogP contribution in [0.3, 0.4) is 0 Å². The number of rotatable bonds is 2. The van der Waals surface area contributed by atoms with Gasteiger partial charge in [0, 0.05) is 5.92 Å². The Morgan fingerprint density at radius 2 is 1.83 bits per heavy atom. The van der Waals surface area contributed by atoms with E-state index in [0.29, 0.717) is 5.92 Å². The van der Waals surface area contributed by atoms with Gasteiger partial charge in [-0.1, -0.05) is 37.5 Å². The first kappa shape index (κ1) is 11.3. The lowest BCUT2D eigenvalue weighted by Crippen LogP contribution is -2.15. The molecule has 0 radical (unpaired) electrons. The molecule has 0 atom stereocenters. The van der Waals surface area contributed by atoms with Crippen LogP contribution in [0.5, 0.6) is 0 Å². The van der Waals surface area contributed by atoms with Gasteiger partial charge >= 0.3 is 5.69 Å². The largest absolute Gasteiger partial charge is 0.348 e. The maximum Gasteiger partial charge on any atom is 0.348 e. The van der Waals surface area contributed by atoms with E-state index in [9.17, 15) is 4.79 Å². The minimum absolute atomic E-state index is 0.137. The molecule has 1 aliphatic rings. The third kappa shape index (κ3) is 2.10. The molecule has 1 saturated carbocycles. The SMILES string of the molecule is O=c1[nH]c(C2CCCCC2)nn1-c1ccccc1. The van der Waals surface area contributed by atoms with E-state index in [1.807, 2.05) is 30.3 Å². The molecule has 1 aliphatic carbocycles. The summed E-state index contributed by atoms with van der Waals surface area (Å²) < 4.78 is 1.46. The van der Waals surface area contributed by atoms with Crippen molar-refractivity contribution in [2.24, 2.45) is 0 Å². The molecular weight excluding hydrogens is 226 g/mol. The average molecular weight is 243 g/mol. The van der Waals surface area contributed by atoms with E-state index in [2.05, 4.69) is 10.1 Å². The first-order valence-corrected chi connectivity index (χ1v) is 6.59. The summed E-state index contributed by atoms with van der Waals surface area (Å²) >= 11 is 0. The maximum absolute atomic E-state index is 11.9. The number of nitrogens with one attached hydrogen (secondary N) is 1. The highest BCUT2D eigenvalue weighted by Crippen LogP contribution is 2.30. The lowest BCUT2D eigenvalue weighted by atomic mass is 9.89. The van der Waals surface area contributed by atoms with Crippen LogP contribution >= 0.6 is 0 Å². The van der Waals surface area contributed by atoms with Crippen LogP contribution in [0.15, 0.2) is 35.1 Å². The fraction of sp³-hybridized carbons (Fsp3) is 0.429. The Labute approximate surface area is 106 Å². The van der Waals surface area contributed by atoms with Crippen molar-refractivity contribution in [2.45, 2.75) is 38.0 Å². The van der Waals surface area contributed by atoms with E-state index in [4.69, 9.17) is 0 Å². The molecule has 0 saturated heterocycles. The van der Waals surface area contributed by atoms with Crippen molar-refractivity contribution in [3.05, 3.63) is 46.6 Å². The Balaban J connectivity index is 1.93. The van der Waals surface area contributed by atoms with Crippen LogP contribution in [-0.2, 0) is 0 Å². The highest BCUT2D eigenvalue weighted by molar-refractivity contribution is 5.29. The van der Waals surface area contributed by atoms with Crippen molar-refractivity contribution < 1.29 is 0 Å². The highest BCUT2D eigenvalue weighted by Gasteiger charge is 2.20. The molecule has 2 aromatic rings. The quantitative estimate of drug-likeness (QED) is 0.881. The van der Waals surface area contributed by atoms with Crippen LogP contribution in [-0.4, -0.2) is 14.8 Å². The molecule has 1 aromatic carbocycles. The number of hydrogen-bond donors (Lipinski definition) is 1. The fourth-order valence-corrected chi connectivity index (χ4v) is 2.64. The Hall–Kier alpha value is -1.84. The van der Waals surface area contributed by atoms with Crippen molar-refractivity contribution in [3.8, 4) is 5.69 Å². The predicted molar refractivity (Wildman–Crippen MR) is 70.0 cm³/mol. The summed E-state index contributed by atoms with van der Waals surface area (Å²) in [5.74, 6) is 1.28. The minimum atomic E-state index is -0.137. The molecule has 1 aromatic heterocycles. The van der Waals surface area contributed by atoms with E-state index in [-0.39, 0.29) is 5.69 Å². The summed E-state index contributed by atoms with van der Waals surface area (Å²) in [6, 6.07) is 9.55. The van der Waals surface area contributed by atoms with Crippen molar-refractivity contribution in [2.75, 3.05) is 0 Å². The van der Waals surface area contributed by atoms with Gasteiger partial charge in [0.1, 0.15) is 5.82 Å². The molecule has 0 unspecified atom stereocenters. The van der Waals surface area contributed by atoms with Gasteiger partial charge in [0.25, 0.3) is 0 Å². The standard InChI is InChI=1S/C14H17N3O/c18-14-15-13(11-7-3-1-4-8-11)16-17(14)12-9-5-2-6-10-12/h2,5-6,9-11H,1,3-4,7-8H2,(H,15,16,18). The second-order valence-corrected chi connectivity index (χ2v) is 4.90. The zero-order valence-corrected chi connectivity index (χ0v) is 10.3. The second-order valence-electron chi connectivity index (χ2n) is 4.90. The van der Waals surface area contributed by atoms with Gasteiger partial charge < -0.3 is 0 Å². The first-order valence-electron chi connectivity index (χ1n) is 6.59. The third-order valence-electron chi connectivity index (χ3n) is 3.63. The zero-order chi connectivity index (χ0) is 12.4. The van der Waals surface area contributed by atoms with Gasteiger partial charge in [0.2, 0.25) is 0 Å². The summed E-state index contributed by atoms with van der Waals surface area (Å²) in [5, 5.41) is 4.45. The van der Waals surface area contributed by atoms with Crippen LogP contribution in [0.4, 0.5) is 0 Å². The summed E-state index contributed by atoms with van der Waals surface area (Å²) in [6.45, 7) is 0. The van der Waals surface area contributed by atoms with Crippen molar-refractivity contribution in [1.82, 2.24) is 14.8 Å². The fourth-order valence-electron chi connectivity index (χ4n) is 2.64. The average Bonchev–Trinajstić information content (AvgIpc) is 2.83. The number of hydrogen-bond acceptors (Lipinski definition) is 2. The number of para-hydroxylation sites is 1. The summed E-state index contributed by atoms with van der Waals surface area (Å²) in [4.78, 5) is 14.8. The number of benzene rings is 1. The first-order chi connectivity index (χ1) is 8.84. The van der Waals surface area contributed by atoms with E-state index in [0.717, 1.165) is 24.4 Å². The zero-order valence-electron chi connectivity index (χ0n) is 10.3. The van der Waals surface area contributed by atoms with Gasteiger partial charge in [-0.05, 0) is 25.0 Å². The molecule has 0 bridgehead atoms. The van der Waals surface area contributed by atoms with E-state index < -0.39 is 0 Å². The molecule has 0 amide bonds. The summed E-state index contributed by atoms with van der Waals surface area (Å²) in [6.07, 6.45) is 6.07. The molecule has 94 valence electrons. The molecule has 0 spiro atoms. The summed E-state index contributed by atoms with van der Waals surface area (Å²) in [5.41, 5.74) is 0.683. The molecule has 3 rings (SSSR count). The third-order valence-corrected chi connectivity index (χ3v) is 3.63. The Morgan fingerprint density at radius 1 is 1.11 bits per heavy atom. The normalized spacial score (nSPS) is 16.9. The second kappa shape index (κ2) is 4.80. The molecule has 1 heterocycles. The van der Waals surface area contributed by atoms with Crippen molar-refractivity contribution in [3.63, 3.8) is 0 Å². The lowest BCUT2D eigenvalue weighted by Gasteiger charge is -2.18. The molecule has 0 aliphatic heterocycles. The number of aromatic amines is 1. The number of aromatic nitrogens is 3. The van der Waals surface area contributed by atoms with E-state index in [1.54, 1.807) is 0 Å². The molecule has 1 N–H and O–H groups in total. The molecule has 4 nitrogen and oxygen atoms in total. The van der Waals surface area contributed by atoms with E-state index >= 15 is 0 Å². The lowest BCUT2D eigenvalue weighted by molar-refractivity contribution is 0.428. The number of nitrogens with zero attached hydrogens (tertiary/aromatic N) is 2. The van der Waals surface area contributed by atoms with Gasteiger partial charge in [-0.25, -0.2) is 4.79 Å². The van der Waals surface area contributed by atoms with Gasteiger partial charge in [-0.15, -0.1) is 5.10 Å². The Kier molecular flexibility index (Phi) is 3.00. The molecular formula is C14H17N3O. The van der Waals surface area contributed by atoms with Crippen molar-refractivity contribution >= 4 is 0 Å². The minimum Gasteiger partial charge on any atom is -0.292 e. The molecule has 1 fully saturated rings. The number of H-pyrrole nitrogens is 1. The van der Waals surface area contributed by atoms with Crippen LogP contribution in [0.1, 0.15) is 43.8 Å². The van der Waals surface area contributed by atoms with Crippen LogP contribution < -0.4 is 5.69 Å². The van der Waals surface area contributed by atoms with Gasteiger partial charge in [-0.2, -0.15) is 4.68 Å². The maximum atomic E-state index is 11.9. The topological polar surface area (TPSA) is 50.7 Å². The smallest absolute Gasteiger partial charge is 0.292 e. The highest BCUT2D eigenvalue weighted by atomic mass is 16.1. The van der Waals surface area contributed by atoms with Gasteiger partial charge in [0.15, 0.2) is 0 Å². The van der Waals surface area contributed by atoms with Gasteiger partial charge in [0.05, 0.1) is 5.69 Å². The molecule has 18 heavy (non-hydrogen) atoms. The van der Waals surface area contributed by atoms with Crippen LogP contribution in [0.25, 0.3) is 5.69 Å².